The Labute approximate surface area is 186 Å². The zero-order valence-electron chi connectivity index (χ0n) is 17.2. The standard InChI is InChI=1S/C21H31N3O3.2ClH/c1-17(25)15-23-9-6-18(7-10-23)5-8-22-11-13-24(14-12-22)19-3-2-4-20-21(19)27-16-26-20;;/h2-4,18H,5-16H2,1H3;2*1H. The number of ketones is 1. The lowest BCUT2D eigenvalue weighted by Crippen LogP contribution is -2.47. The van der Waals surface area contributed by atoms with Crippen molar-refractivity contribution in [2.45, 2.75) is 26.2 Å². The number of Topliss-reactive ketones (excluding diaryl/α,β-unsaturated/α-hetero) is 1. The highest BCUT2D eigenvalue weighted by Crippen LogP contribution is 2.41. The predicted octanol–water partition coefficient (Wildman–Crippen LogP) is 3.07. The fraction of sp³-hybridized carbons (Fsp3) is 0.667. The molecule has 3 aliphatic heterocycles. The number of rotatable bonds is 6. The summed E-state index contributed by atoms with van der Waals surface area (Å²) in [6.45, 7) is 10.3. The van der Waals surface area contributed by atoms with Gasteiger partial charge in [0.15, 0.2) is 11.5 Å². The van der Waals surface area contributed by atoms with E-state index in [1.807, 2.05) is 12.1 Å². The second-order valence-corrected chi connectivity index (χ2v) is 8.05. The smallest absolute Gasteiger partial charge is 0.231 e. The molecule has 0 saturated carbocycles. The van der Waals surface area contributed by atoms with E-state index in [0.29, 0.717) is 13.3 Å². The molecule has 29 heavy (non-hydrogen) atoms. The van der Waals surface area contributed by atoms with Crippen molar-refractivity contribution in [1.29, 1.82) is 0 Å². The zero-order chi connectivity index (χ0) is 18.6. The first-order valence-electron chi connectivity index (χ1n) is 10.3. The lowest BCUT2D eigenvalue weighted by molar-refractivity contribution is -0.118. The summed E-state index contributed by atoms with van der Waals surface area (Å²) in [4.78, 5) is 18.6. The molecule has 0 amide bonds. The highest BCUT2D eigenvalue weighted by molar-refractivity contribution is 5.85. The van der Waals surface area contributed by atoms with E-state index in [9.17, 15) is 4.79 Å². The first kappa shape index (κ1) is 24.1. The average Bonchev–Trinajstić information content (AvgIpc) is 3.16. The summed E-state index contributed by atoms with van der Waals surface area (Å²) in [5.74, 6) is 2.87. The Morgan fingerprint density at radius 3 is 2.41 bits per heavy atom. The SMILES string of the molecule is CC(=O)CN1CCC(CCN2CCN(c3cccc4c3OCO4)CC2)CC1.Cl.Cl. The Bertz CT molecular complexity index is 661. The van der Waals surface area contributed by atoms with E-state index >= 15 is 0 Å². The Hall–Kier alpha value is -1.21. The Balaban J connectivity index is 0.00000150. The number of hydrogen-bond donors (Lipinski definition) is 0. The number of likely N-dealkylation sites (tertiary alicyclic amines) is 1. The van der Waals surface area contributed by atoms with Gasteiger partial charge in [-0.05, 0) is 63.9 Å². The van der Waals surface area contributed by atoms with Crippen molar-refractivity contribution in [3.8, 4) is 11.5 Å². The monoisotopic (exact) mass is 445 g/mol. The number of carbonyl (C=O) groups excluding carboxylic acids is 1. The van der Waals surface area contributed by atoms with Crippen molar-refractivity contribution in [1.82, 2.24) is 9.80 Å². The van der Waals surface area contributed by atoms with E-state index in [1.165, 1.54) is 31.5 Å². The van der Waals surface area contributed by atoms with Gasteiger partial charge in [0, 0.05) is 26.2 Å². The number of anilines is 1. The van der Waals surface area contributed by atoms with Crippen LogP contribution in [0.15, 0.2) is 18.2 Å². The molecule has 2 fully saturated rings. The number of ether oxygens (including phenoxy) is 2. The number of para-hydroxylation sites is 1. The first-order valence-corrected chi connectivity index (χ1v) is 10.3. The van der Waals surface area contributed by atoms with E-state index in [0.717, 1.165) is 56.7 Å². The molecule has 0 aliphatic carbocycles. The van der Waals surface area contributed by atoms with Crippen LogP contribution in [-0.2, 0) is 4.79 Å². The van der Waals surface area contributed by atoms with Gasteiger partial charge < -0.3 is 14.4 Å². The molecule has 0 atom stereocenters. The van der Waals surface area contributed by atoms with Gasteiger partial charge in [-0.2, -0.15) is 0 Å². The van der Waals surface area contributed by atoms with Crippen LogP contribution >= 0.6 is 24.8 Å². The first-order chi connectivity index (χ1) is 13.2. The van der Waals surface area contributed by atoms with Crippen LogP contribution < -0.4 is 14.4 Å². The van der Waals surface area contributed by atoms with E-state index < -0.39 is 0 Å². The molecule has 4 rings (SSSR count). The van der Waals surface area contributed by atoms with Gasteiger partial charge in [-0.3, -0.25) is 14.6 Å². The van der Waals surface area contributed by atoms with Crippen molar-refractivity contribution in [3.05, 3.63) is 18.2 Å². The minimum atomic E-state index is 0. The summed E-state index contributed by atoms with van der Waals surface area (Å²) < 4.78 is 11.2. The third-order valence-electron chi connectivity index (χ3n) is 6.10. The van der Waals surface area contributed by atoms with Crippen LogP contribution in [0.1, 0.15) is 26.2 Å². The summed E-state index contributed by atoms with van der Waals surface area (Å²) in [5, 5.41) is 0. The van der Waals surface area contributed by atoms with Crippen molar-refractivity contribution in [2.75, 3.05) is 64.1 Å². The van der Waals surface area contributed by atoms with Crippen molar-refractivity contribution in [3.63, 3.8) is 0 Å². The molecule has 8 heteroatoms. The molecule has 0 radical (unpaired) electrons. The summed E-state index contributed by atoms with van der Waals surface area (Å²) in [6, 6.07) is 6.16. The van der Waals surface area contributed by atoms with Crippen LogP contribution in [0.25, 0.3) is 0 Å². The molecule has 0 spiro atoms. The summed E-state index contributed by atoms with van der Waals surface area (Å²) in [7, 11) is 0. The summed E-state index contributed by atoms with van der Waals surface area (Å²) >= 11 is 0. The fourth-order valence-electron chi connectivity index (χ4n) is 4.49. The molecular formula is C21H33Cl2N3O3. The molecular weight excluding hydrogens is 413 g/mol. The Kier molecular flexibility index (Phi) is 9.34. The third kappa shape index (κ3) is 6.14. The third-order valence-corrected chi connectivity index (χ3v) is 6.10. The maximum Gasteiger partial charge on any atom is 0.231 e. The predicted molar refractivity (Wildman–Crippen MR) is 120 cm³/mol. The van der Waals surface area contributed by atoms with Gasteiger partial charge in [0.2, 0.25) is 6.79 Å². The normalized spacial score (nSPS) is 20.1. The van der Waals surface area contributed by atoms with Crippen LogP contribution in [0.2, 0.25) is 0 Å². The number of piperidine rings is 1. The van der Waals surface area contributed by atoms with Crippen LogP contribution in [0.3, 0.4) is 0 Å². The topological polar surface area (TPSA) is 45.3 Å². The number of benzene rings is 1. The number of halogens is 2. The zero-order valence-corrected chi connectivity index (χ0v) is 18.8. The molecule has 3 aliphatic rings. The lowest BCUT2D eigenvalue weighted by Gasteiger charge is -2.37. The largest absolute Gasteiger partial charge is 0.454 e. The van der Waals surface area contributed by atoms with Crippen molar-refractivity contribution < 1.29 is 14.3 Å². The molecule has 1 aromatic carbocycles. The quantitative estimate of drug-likeness (QED) is 0.670. The number of carbonyl (C=O) groups is 1. The Morgan fingerprint density at radius 1 is 1.00 bits per heavy atom. The molecule has 0 aromatic heterocycles. The van der Waals surface area contributed by atoms with Crippen molar-refractivity contribution >= 4 is 36.3 Å². The van der Waals surface area contributed by atoms with E-state index in [4.69, 9.17) is 9.47 Å². The van der Waals surface area contributed by atoms with Gasteiger partial charge in [0.1, 0.15) is 5.78 Å². The molecule has 164 valence electrons. The fourth-order valence-corrected chi connectivity index (χ4v) is 4.49. The second-order valence-electron chi connectivity index (χ2n) is 8.05. The highest BCUT2D eigenvalue weighted by Gasteiger charge is 2.25. The van der Waals surface area contributed by atoms with Crippen molar-refractivity contribution in [2.24, 2.45) is 5.92 Å². The molecule has 6 nitrogen and oxygen atoms in total. The minimum Gasteiger partial charge on any atom is -0.454 e. The average molecular weight is 446 g/mol. The van der Waals surface area contributed by atoms with Gasteiger partial charge in [-0.1, -0.05) is 6.07 Å². The molecule has 0 unspecified atom stereocenters. The van der Waals surface area contributed by atoms with Gasteiger partial charge >= 0.3 is 0 Å². The number of fused-ring (bicyclic) bond motifs is 1. The van der Waals surface area contributed by atoms with Crippen LogP contribution in [0.4, 0.5) is 5.69 Å². The van der Waals surface area contributed by atoms with Gasteiger partial charge in [0.05, 0.1) is 12.2 Å². The minimum absolute atomic E-state index is 0. The second kappa shape index (κ2) is 11.3. The molecule has 2 saturated heterocycles. The van der Waals surface area contributed by atoms with Gasteiger partial charge in [0.25, 0.3) is 0 Å². The number of hydrogen-bond acceptors (Lipinski definition) is 6. The molecule has 0 N–H and O–H groups in total. The molecule has 1 aromatic rings. The van der Waals surface area contributed by atoms with Crippen LogP contribution in [0, 0.1) is 5.92 Å². The van der Waals surface area contributed by atoms with Gasteiger partial charge in [-0.15, -0.1) is 24.8 Å². The maximum absolute atomic E-state index is 11.3. The van der Waals surface area contributed by atoms with Gasteiger partial charge in [-0.25, -0.2) is 0 Å². The molecule has 3 heterocycles. The summed E-state index contributed by atoms with van der Waals surface area (Å²) in [5.41, 5.74) is 1.17. The van der Waals surface area contributed by atoms with Crippen LogP contribution in [0.5, 0.6) is 11.5 Å². The Morgan fingerprint density at radius 2 is 1.72 bits per heavy atom. The van der Waals surface area contributed by atoms with E-state index in [1.54, 1.807) is 6.92 Å². The van der Waals surface area contributed by atoms with E-state index in [2.05, 4.69) is 20.8 Å². The number of piperazine rings is 1. The lowest BCUT2D eigenvalue weighted by atomic mass is 9.93. The maximum atomic E-state index is 11.3. The summed E-state index contributed by atoms with van der Waals surface area (Å²) in [6.07, 6.45) is 3.76. The van der Waals surface area contributed by atoms with E-state index in [-0.39, 0.29) is 30.6 Å². The molecule has 0 bridgehead atoms. The van der Waals surface area contributed by atoms with Crippen LogP contribution in [-0.4, -0.2) is 74.7 Å². The highest BCUT2D eigenvalue weighted by atomic mass is 35.5. The number of nitrogens with zero attached hydrogens (tertiary/aromatic N) is 3.